The van der Waals surface area contributed by atoms with Crippen molar-refractivity contribution in [2.75, 3.05) is 7.11 Å². The van der Waals surface area contributed by atoms with Crippen LogP contribution in [0.3, 0.4) is 0 Å². The first-order chi connectivity index (χ1) is 12.9. The zero-order valence-electron chi connectivity index (χ0n) is 13.9. The molecule has 156 valence electrons. The number of nitrogens with zero attached hydrogens (tertiary/aromatic N) is 6. The van der Waals surface area contributed by atoms with E-state index in [0.29, 0.717) is 0 Å². The normalized spacial score (nSPS) is 27.7. The maximum Gasteiger partial charge on any atom is 0.523 e. The van der Waals surface area contributed by atoms with Gasteiger partial charge >= 0.3 is 27.6 Å². The second-order valence-corrected chi connectivity index (χ2v) is 6.47. The van der Waals surface area contributed by atoms with Gasteiger partial charge in [-0.3, -0.25) is 4.79 Å². The fourth-order valence-electron chi connectivity index (χ4n) is 2.10. The van der Waals surface area contributed by atoms with E-state index in [4.69, 9.17) is 20.5 Å². The summed E-state index contributed by atoms with van der Waals surface area (Å²) in [5.74, 6) is -2.37. The lowest BCUT2D eigenvalue weighted by Gasteiger charge is -2.40. The van der Waals surface area contributed by atoms with Crippen LogP contribution in [0.25, 0.3) is 20.9 Å². The average Bonchev–Trinajstić information content (AvgIpc) is 2.57. The third-order valence-corrected chi connectivity index (χ3v) is 4.16. The molecule has 0 unspecified atom stereocenters. The van der Waals surface area contributed by atoms with Crippen LogP contribution in [-0.4, -0.2) is 63.6 Å². The molecule has 0 aromatic rings. The second-order valence-electron chi connectivity index (χ2n) is 4.91. The van der Waals surface area contributed by atoms with Gasteiger partial charge in [-0.2, -0.15) is 21.6 Å². The van der Waals surface area contributed by atoms with Crippen molar-refractivity contribution in [1.29, 1.82) is 0 Å². The van der Waals surface area contributed by atoms with E-state index < -0.39 is 58.1 Å². The molecular weight excluding hydrogens is 421 g/mol. The van der Waals surface area contributed by atoms with E-state index in [9.17, 15) is 31.2 Å². The third kappa shape index (κ3) is 5.14. The number of esters is 2. The van der Waals surface area contributed by atoms with Gasteiger partial charge in [0.05, 0.1) is 13.2 Å². The maximum absolute atomic E-state index is 12.6. The van der Waals surface area contributed by atoms with Crippen molar-refractivity contribution in [3.8, 4) is 0 Å². The van der Waals surface area contributed by atoms with Crippen LogP contribution in [0.1, 0.15) is 6.92 Å². The summed E-state index contributed by atoms with van der Waals surface area (Å²) in [6.45, 7) is 0.876. The minimum Gasteiger partial charge on any atom is -0.467 e. The van der Waals surface area contributed by atoms with Gasteiger partial charge in [0.1, 0.15) is 12.1 Å². The van der Waals surface area contributed by atoms with Crippen LogP contribution in [0, 0.1) is 0 Å². The number of hydrogen-bond donors (Lipinski definition) is 0. The van der Waals surface area contributed by atoms with E-state index in [1.54, 1.807) is 0 Å². The molecule has 0 spiro atoms. The molecule has 0 aromatic heterocycles. The molecule has 0 aliphatic carbocycles. The number of azide groups is 2. The summed E-state index contributed by atoms with van der Waals surface area (Å²) in [5.41, 5.74) is 11.4. The third-order valence-electron chi connectivity index (χ3n) is 3.15. The van der Waals surface area contributed by atoms with Gasteiger partial charge in [-0.1, -0.05) is 10.2 Å². The van der Waals surface area contributed by atoms with Gasteiger partial charge in [0.15, 0.2) is 12.4 Å². The molecule has 0 N–H and O–H groups in total. The monoisotopic (exact) mass is 432 g/mol. The lowest BCUT2D eigenvalue weighted by molar-refractivity contribution is -0.223. The van der Waals surface area contributed by atoms with Crippen molar-refractivity contribution in [3.05, 3.63) is 20.9 Å². The molecule has 18 heteroatoms. The highest BCUT2D eigenvalue weighted by Crippen LogP contribution is 2.34. The Bertz CT molecular complexity index is 822. The van der Waals surface area contributed by atoms with Crippen LogP contribution in [0.5, 0.6) is 0 Å². The molecule has 1 saturated heterocycles. The average molecular weight is 432 g/mol. The first kappa shape index (κ1) is 23.3. The predicted octanol–water partition coefficient (Wildman–Crippen LogP) is 1.04. The number of methoxy groups -OCH3 is 1. The Hall–Kier alpha value is -2.78. The summed E-state index contributed by atoms with van der Waals surface area (Å²) in [6, 6.07) is -3.95. The van der Waals surface area contributed by atoms with E-state index in [2.05, 4.69) is 29.0 Å². The first-order valence-corrected chi connectivity index (χ1v) is 8.29. The topological polar surface area (TPSA) is 203 Å². The number of carbonyl (C=O) groups excluding carboxylic acids is 2. The van der Waals surface area contributed by atoms with Crippen LogP contribution >= 0.6 is 0 Å². The van der Waals surface area contributed by atoms with Crippen molar-refractivity contribution >= 4 is 22.1 Å². The Labute approximate surface area is 153 Å². The molecule has 5 atom stereocenters. The summed E-state index contributed by atoms with van der Waals surface area (Å²) >= 11 is 0. The summed E-state index contributed by atoms with van der Waals surface area (Å²) < 4.78 is 78.2. The molecule has 0 radical (unpaired) electrons. The zero-order valence-corrected chi connectivity index (χ0v) is 14.7. The van der Waals surface area contributed by atoms with Crippen molar-refractivity contribution in [2.45, 2.75) is 43.0 Å². The van der Waals surface area contributed by atoms with Gasteiger partial charge in [-0.25, -0.2) is 8.98 Å². The van der Waals surface area contributed by atoms with Gasteiger partial charge < -0.3 is 14.2 Å². The SMILES string of the molecule is COC(=O)[C@H]1O[C@H](OS(=O)(=O)C(F)(F)F)[C@@H](N=[N+]=[N-])[C@@H](N=[N+]=[N-])[C@@H]1OC(C)=O. The van der Waals surface area contributed by atoms with E-state index in [1.165, 1.54) is 0 Å². The molecule has 28 heavy (non-hydrogen) atoms. The van der Waals surface area contributed by atoms with Crippen LogP contribution in [-0.2, 0) is 38.1 Å². The standard InChI is InChI=1S/C10H11F3N6O8S/c1-3(20)25-6-4(16-18-14)5(17-19-15)9(26-7(6)8(21)24-2)27-28(22,23)10(11,12)13/h4-7,9H,1-2H3/t4-,5+,6+,7+,9-/m1/s1. The molecule has 0 bridgehead atoms. The Kier molecular flexibility index (Phi) is 7.43. The largest absolute Gasteiger partial charge is 0.523 e. The molecule has 1 fully saturated rings. The highest BCUT2D eigenvalue weighted by atomic mass is 32.2. The Morgan fingerprint density at radius 2 is 1.68 bits per heavy atom. The quantitative estimate of drug-likeness (QED) is 0.148. The minimum absolute atomic E-state index is 0.834. The summed E-state index contributed by atoms with van der Waals surface area (Å²) in [5, 5.41) is 6.12. The van der Waals surface area contributed by atoms with Crippen molar-refractivity contribution in [1.82, 2.24) is 0 Å². The van der Waals surface area contributed by atoms with Gasteiger partial charge in [-0.05, 0) is 11.1 Å². The van der Waals surface area contributed by atoms with Gasteiger partial charge in [0.25, 0.3) is 0 Å². The molecule has 1 aliphatic heterocycles. The number of ether oxygens (including phenoxy) is 3. The Morgan fingerprint density at radius 1 is 1.14 bits per heavy atom. The summed E-state index contributed by atoms with van der Waals surface area (Å²) in [4.78, 5) is 27.8. The highest BCUT2D eigenvalue weighted by molar-refractivity contribution is 7.87. The van der Waals surface area contributed by atoms with Crippen molar-refractivity contribution in [2.24, 2.45) is 10.2 Å². The smallest absolute Gasteiger partial charge is 0.467 e. The fourth-order valence-corrected chi connectivity index (χ4v) is 2.62. The van der Waals surface area contributed by atoms with Crippen molar-refractivity contribution in [3.63, 3.8) is 0 Å². The lowest BCUT2D eigenvalue weighted by Crippen LogP contribution is -2.61. The molecule has 0 amide bonds. The van der Waals surface area contributed by atoms with Crippen molar-refractivity contribution < 1.29 is 49.6 Å². The van der Waals surface area contributed by atoms with E-state index in [0.717, 1.165) is 14.0 Å². The second kappa shape index (κ2) is 8.94. The molecule has 1 rings (SSSR count). The predicted molar refractivity (Wildman–Crippen MR) is 78.2 cm³/mol. The molecule has 0 aromatic carbocycles. The summed E-state index contributed by atoms with van der Waals surface area (Å²) in [7, 11) is -5.45. The maximum atomic E-state index is 12.6. The van der Waals surface area contributed by atoms with Crippen LogP contribution in [0.4, 0.5) is 13.2 Å². The highest BCUT2D eigenvalue weighted by Gasteiger charge is 2.56. The zero-order chi connectivity index (χ0) is 21.7. The number of alkyl halides is 3. The summed E-state index contributed by atoms with van der Waals surface area (Å²) in [6.07, 6.45) is -6.46. The molecule has 14 nitrogen and oxygen atoms in total. The van der Waals surface area contributed by atoms with Crippen LogP contribution in [0.2, 0.25) is 0 Å². The van der Waals surface area contributed by atoms with Crippen LogP contribution < -0.4 is 0 Å². The lowest BCUT2D eigenvalue weighted by atomic mass is 9.95. The van der Waals surface area contributed by atoms with E-state index in [1.807, 2.05) is 0 Å². The molecule has 1 aliphatic rings. The molecule has 0 saturated carbocycles. The van der Waals surface area contributed by atoms with Gasteiger partial charge in [-0.15, -0.1) is 0 Å². The van der Waals surface area contributed by atoms with Gasteiger partial charge in [0, 0.05) is 16.7 Å². The Balaban J connectivity index is 3.51. The van der Waals surface area contributed by atoms with Gasteiger partial charge in [0.2, 0.25) is 0 Å². The van der Waals surface area contributed by atoms with Crippen LogP contribution in [0.15, 0.2) is 10.2 Å². The molecule has 1 heterocycles. The first-order valence-electron chi connectivity index (χ1n) is 6.88. The molecular formula is C10H11F3N6O8S. The fraction of sp³-hybridized carbons (Fsp3) is 0.800. The van der Waals surface area contributed by atoms with E-state index >= 15 is 0 Å². The van der Waals surface area contributed by atoms with E-state index in [-0.39, 0.29) is 0 Å². The number of hydrogen-bond acceptors (Lipinski definition) is 10. The minimum atomic E-state index is -6.29. The number of halogens is 3. The number of carbonyl (C=O) groups is 2. The Morgan fingerprint density at radius 3 is 2.11 bits per heavy atom. The number of rotatable bonds is 6.